The quantitative estimate of drug-likeness (QED) is 0.678. The number of benzene rings is 1. The van der Waals surface area contributed by atoms with E-state index in [1.807, 2.05) is 12.1 Å². The molecule has 0 aromatic heterocycles. The van der Waals surface area contributed by atoms with Gasteiger partial charge in [0.15, 0.2) is 0 Å². The second-order valence-electron chi connectivity index (χ2n) is 2.99. The molecule has 0 unspecified atom stereocenters. The number of methoxy groups -OCH3 is 1. The molecule has 0 spiro atoms. The van der Waals surface area contributed by atoms with Crippen LogP contribution in [0.3, 0.4) is 0 Å². The van der Waals surface area contributed by atoms with Crippen LogP contribution in [0.2, 0.25) is 0 Å². The molecule has 0 N–H and O–H groups in total. The Morgan fingerprint density at radius 3 is 2.31 bits per heavy atom. The van der Waals surface area contributed by atoms with Gasteiger partial charge in [-0.25, -0.2) is 0 Å². The van der Waals surface area contributed by atoms with E-state index in [9.17, 15) is 0 Å². The molecule has 2 heteroatoms. The number of rotatable bonds is 3. The van der Waals surface area contributed by atoms with Gasteiger partial charge in [0.2, 0.25) is 0 Å². The third-order valence-corrected chi connectivity index (χ3v) is 2.62. The molecule has 0 heterocycles. The molecule has 1 aromatic carbocycles. The van der Waals surface area contributed by atoms with Crippen LogP contribution in [-0.4, -0.2) is 7.11 Å². The van der Waals surface area contributed by atoms with Gasteiger partial charge in [0.05, 0.1) is 7.11 Å². The Kier molecular flexibility index (Phi) is 3.90. The van der Waals surface area contributed by atoms with E-state index in [1.165, 1.54) is 10.5 Å². The van der Waals surface area contributed by atoms with E-state index in [4.69, 9.17) is 4.74 Å². The lowest BCUT2D eigenvalue weighted by molar-refractivity contribution is 0.414. The highest BCUT2D eigenvalue weighted by molar-refractivity contribution is 8.02. The fraction of sp³-hybridized carbons (Fsp3) is 0.273. The van der Waals surface area contributed by atoms with E-state index in [2.05, 4.69) is 31.4 Å². The van der Waals surface area contributed by atoms with E-state index in [0.29, 0.717) is 0 Å². The molecule has 0 aliphatic rings. The van der Waals surface area contributed by atoms with E-state index in [1.54, 1.807) is 18.9 Å². The lowest BCUT2D eigenvalue weighted by Crippen LogP contribution is -1.80. The summed E-state index contributed by atoms with van der Waals surface area (Å²) >= 11 is 1.73. The number of thioether (sulfide) groups is 1. The summed E-state index contributed by atoms with van der Waals surface area (Å²) in [6, 6.07) is 8.06. The number of hydrogen-bond acceptors (Lipinski definition) is 2. The molecule has 13 heavy (non-hydrogen) atoms. The third-order valence-electron chi connectivity index (χ3n) is 1.49. The zero-order valence-electron chi connectivity index (χ0n) is 8.20. The Hall–Kier alpha value is -0.890. The van der Waals surface area contributed by atoms with Crippen LogP contribution in [0.4, 0.5) is 0 Å². The van der Waals surface area contributed by atoms with E-state index in [-0.39, 0.29) is 0 Å². The molecular weight excluding hydrogens is 180 g/mol. The molecule has 0 atom stereocenters. The van der Waals surface area contributed by atoms with Crippen molar-refractivity contribution in [3.63, 3.8) is 0 Å². The number of ether oxygens (including phenoxy) is 1. The molecule has 0 fully saturated rings. The largest absolute Gasteiger partial charge is 0.497 e. The van der Waals surface area contributed by atoms with E-state index >= 15 is 0 Å². The molecule has 1 rings (SSSR count). The topological polar surface area (TPSA) is 9.23 Å². The fourth-order valence-electron chi connectivity index (χ4n) is 0.840. The Morgan fingerprint density at radius 2 is 1.85 bits per heavy atom. The minimum Gasteiger partial charge on any atom is -0.497 e. The predicted octanol–water partition coefficient (Wildman–Crippen LogP) is 3.71. The Balaban J connectivity index is 2.64. The van der Waals surface area contributed by atoms with Crippen molar-refractivity contribution in [1.82, 2.24) is 0 Å². The van der Waals surface area contributed by atoms with Crippen LogP contribution in [-0.2, 0) is 0 Å². The van der Waals surface area contributed by atoms with Crippen LogP contribution in [0.1, 0.15) is 13.8 Å². The van der Waals surface area contributed by atoms with Crippen molar-refractivity contribution in [1.29, 1.82) is 0 Å². The van der Waals surface area contributed by atoms with Crippen molar-refractivity contribution in [3.8, 4) is 5.75 Å². The Labute approximate surface area is 83.8 Å². The zero-order valence-corrected chi connectivity index (χ0v) is 9.02. The van der Waals surface area contributed by atoms with Gasteiger partial charge in [0.25, 0.3) is 0 Å². The first-order valence-corrected chi connectivity index (χ1v) is 5.04. The van der Waals surface area contributed by atoms with Crippen molar-refractivity contribution in [2.45, 2.75) is 18.7 Å². The first kappa shape index (κ1) is 10.2. The maximum absolute atomic E-state index is 5.07. The second kappa shape index (κ2) is 4.97. The minimum absolute atomic E-state index is 0.904. The third kappa shape index (κ3) is 3.55. The van der Waals surface area contributed by atoms with Crippen molar-refractivity contribution >= 4 is 11.8 Å². The molecule has 1 aromatic rings. The highest BCUT2D eigenvalue weighted by Gasteiger charge is 1.92. The lowest BCUT2D eigenvalue weighted by Gasteiger charge is -2.00. The van der Waals surface area contributed by atoms with Gasteiger partial charge in [-0.05, 0) is 43.5 Å². The van der Waals surface area contributed by atoms with Gasteiger partial charge in [-0.1, -0.05) is 17.3 Å². The summed E-state index contributed by atoms with van der Waals surface area (Å²) in [6.07, 6.45) is 0. The SMILES string of the molecule is COc1ccc(SC=C(C)C)cc1. The summed E-state index contributed by atoms with van der Waals surface area (Å²) < 4.78 is 5.07. The molecule has 0 saturated carbocycles. The first-order chi connectivity index (χ1) is 6.22. The van der Waals surface area contributed by atoms with Gasteiger partial charge in [0, 0.05) is 4.90 Å². The van der Waals surface area contributed by atoms with E-state index < -0.39 is 0 Å². The van der Waals surface area contributed by atoms with Gasteiger partial charge in [-0.15, -0.1) is 0 Å². The minimum atomic E-state index is 0.904. The maximum atomic E-state index is 5.07. The number of allylic oxidation sites excluding steroid dienone is 1. The summed E-state index contributed by atoms with van der Waals surface area (Å²) in [4.78, 5) is 1.24. The normalized spacial score (nSPS) is 9.46. The summed E-state index contributed by atoms with van der Waals surface area (Å²) in [7, 11) is 1.68. The average Bonchev–Trinajstić information content (AvgIpc) is 2.15. The molecule has 0 saturated heterocycles. The fourth-order valence-corrected chi connectivity index (χ4v) is 1.51. The highest BCUT2D eigenvalue weighted by Crippen LogP contribution is 2.22. The van der Waals surface area contributed by atoms with Crippen LogP contribution in [0.25, 0.3) is 0 Å². The standard InChI is InChI=1S/C11H14OS/c1-9(2)8-13-11-6-4-10(12-3)5-7-11/h4-8H,1-3H3. The molecule has 0 aliphatic carbocycles. The zero-order chi connectivity index (χ0) is 9.68. The lowest BCUT2D eigenvalue weighted by atomic mass is 10.3. The Bertz CT molecular complexity index is 283. The molecule has 70 valence electrons. The van der Waals surface area contributed by atoms with Crippen LogP contribution >= 0.6 is 11.8 Å². The van der Waals surface area contributed by atoms with Gasteiger partial charge in [-0.2, -0.15) is 0 Å². The summed E-state index contributed by atoms with van der Waals surface area (Å²) in [5.41, 5.74) is 1.32. The number of hydrogen-bond donors (Lipinski definition) is 0. The van der Waals surface area contributed by atoms with Crippen molar-refractivity contribution in [2.24, 2.45) is 0 Å². The van der Waals surface area contributed by atoms with Crippen LogP contribution < -0.4 is 4.74 Å². The smallest absolute Gasteiger partial charge is 0.118 e. The van der Waals surface area contributed by atoms with Crippen LogP contribution in [0.15, 0.2) is 40.1 Å². The maximum Gasteiger partial charge on any atom is 0.118 e. The Morgan fingerprint density at radius 1 is 1.23 bits per heavy atom. The van der Waals surface area contributed by atoms with Crippen molar-refractivity contribution < 1.29 is 4.74 Å². The summed E-state index contributed by atoms with van der Waals surface area (Å²) in [5, 5.41) is 2.14. The molecule has 0 radical (unpaired) electrons. The van der Waals surface area contributed by atoms with Crippen LogP contribution in [0.5, 0.6) is 5.75 Å². The van der Waals surface area contributed by atoms with Gasteiger partial charge in [0.1, 0.15) is 5.75 Å². The summed E-state index contributed by atoms with van der Waals surface area (Å²) in [6.45, 7) is 4.19. The van der Waals surface area contributed by atoms with Gasteiger partial charge < -0.3 is 4.74 Å². The average molecular weight is 194 g/mol. The van der Waals surface area contributed by atoms with Gasteiger partial charge >= 0.3 is 0 Å². The summed E-state index contributed by atoms with van der Waals surface area (Å²) in [5.74, 6) is 0.904. The molecule has 0 aliphatic heterocycles. The van der Waals surface area contributed by atoms with Gasteiger partial charge in [-0.3, -0.25) is 0 Å². The van der Waals surface area contributed by atoms with Crippen molar-refractivity contribution in [3.05, 3.63) is 35.2 Å². The molecule has 0 bridgehead atoms. The molecule has 1 nitrogen and oxygen atoms in total. The predicted molar refractivity (Wildman–Crippen MR) is 58.3 cm³/mol. The molecular formula is C11H14OS. The highest BCUT2D eigenvalue weighted by atomic mass is 32.2. The van der Waals surface area contributed by atoms with E-state index in [0.717, 1.165) is 5.75 Å². The monoisotopic (exact) mass is 194 g/mol. The van der Waals surface area contributed by atoms with Crippen LogP contribution in [0, 0.1) is 0 Å². The first-order valence-electron chi connectivity index (χ1n) is 4.16. The molecule has 0 amide bonds. The van der Waals surface area contributed by atoms with Crippen molar-refractivity contribution in [2.75, 3.05) is 7.11 Å². The second-order valence-corrected chi connectivity index (χ2v) is 3.93.